The minimum atomic E-state index is -1.96. The summed E-state index contributed by atoms with van der Waals surface area (Å²) in [6, 6.07) is 0. The zero-order valence-electron chi connectivity index (χ0n) is 13.5. The smallest absolute Gasteiger partial charge is 0.200 e. The number of aliphatic hydroxyl groups is 2. The van der Waals surface area contributed by atoms with Gasteiger partial charge in [0.1, 0.15) is 18.3 Å². The van der Waals surface area contributed by atoms with Crippen LogP contribution < -0.4 is 0 Å². The number of hydrogen-bond donors (Lipinski definition) is 2. The zero-order chi connectivity index (χ0) is 15.5. The van der Waals surface area contributed by atoms with E-state index in [4.69, 9.17) is 9.16 Å². The lowest BCUT2D eigenvalue weighted by atomic mass is 10.1. The highest BCUT2D eigenvalue weighted by molar-refractivity contribution is 6.77. The third-order valence-electron chi connectivity index (χ3n) is 4.46. The van der Waals surface area contributed by atoms with E-state index in [0.717, 1.165) is 0 Å². The van der Waals surface area contributed by atoms with Crippen molar-refractivity contribution < 1.29 is 19.4 Å². The molecule has 2 N–H and O–H groups in total. The quantitative estimate of drug-likeness (QED) is 0.741. The Balaban J connectivity index is 2.79. The van der Waals surface area contributed by atoms with Crippen LogP contribution in [0.1, 0.15) is 41.5 Å². The summed E-state index contributed by atoms with van der Waals surface area (Å²) in [5, 5.41) is 19.6. The first-order valence-corrected chi connectivity index (χ1v) is 9.69. The predicted molar refractivity (Wildman–Crippen MR) is 83.0 cm³/mol. The van der Waals surface area contributed by atoms with Gasteiger partial charge in [-0.25, -0.2) is 0 Å². The van der Waals surface area contributed by atoms with Crippen LogP contribution in [-0.2, 0) is 9.16 Å². The molecular weight excluding hydrogens is 272 g/mol. The predicted octanol–water partition coefficient (Wildman–Crippen LogP) is 2.81. The second kappa shape index (κ2) is 7.07. The lowest BCUT2D eigenvalue weighted by Crippen LogP contribution is -2.51. The average molecular weight is 302 g/mol. The van der Waals surface area contributed by atoms with Crippen LogP contribution in [-0.4, -0.2) is 43.4 Å². The molecule has 0 radical (unpaired) electrons. The van der Waals surface area contributed by atoms with Crippen molar-refractivity contribution in [2.75, 3.05) is 6.61 Å². The Labute approximate surface area is 123 Å². The summed E-state index contributed by atoms with van der Waals surface area (Å²) in [6.07, 6.45) is 0.635. The summed E-state index contributed by atoms with van der Waals surface area (Å²) < 4.78 is 11.8. The highest BCUT2D eigenvalue weighted by atomic mass is 28.4. The SMILES string of the molecule is CC(C)[Si](OC[C@H]1OC=C[C@H](O)[C@@H]1O)(C(C)C)C(C)C. The fraction of sp³-hybridized carbons (Fsp3) is 0.867. The topological polar surface area (TPSA) is 58.9 Å². The van der Waals surface area contributed by atoms with Crippen molar-refractivity contribution in [1.82, 2.24) is 0 Å². The molecule has 0 bridgehead atoms. The summed E-state index contributed by atoms with van der Waals surface area (Å²) in [4.78, 5) is 0. The van der Waals surface area contributed by atoms with Gasteiger partial charge in [-0.15, -0.1) is 0 Å². The maximum absolute atomic E-state index is 9.96. The summed E-state index contributed by atoms with van der Waals surface area (Å²) >= 11 is 0. The number of aliphatic hydroxyl groups excluding tert-OH is 2. The van der Waals surface area contributed by atoms with Gasteiger partial charge in [-0.05, 0) is 22.7 Å². The van der Waals surface area contributed by atoms with Crippen molar-refractivity contribution in [1.29, 1.82) is 0 Å². The van der Waals surface area contributed by atoms with Crippen molar-refractivity contribution in [2.24, 2.45) is 0 Å². The second-order valence-corrected chi connectivity index (χ2v) is 12.1. The maximum atomic E-state index is 9.96. The van der Waals surface area contributed by atoms with Gasteiger partial charge >= 0.3 is 0 Å². The van der Waals surface area contributed by atoms with E-state index in [1.165, 1.54) is 12.3 Å². The lowest BCUT2D eigenvalue weighted by molar-refractivity contribution is -0.0792. The molecule has 0 spiro atoms. The maximum Gasteiger partial charge on any atom is 0.200 e. The molecule has 0 amide bonds. The molecule has 118 valence electrons. The highest BCUT2D eigenvalue weighted by Gasteiger charge is 2.46. The van der Waals surface area contributed by atoms with Gasteiger partial charge in [0.05, 0.1) is 12.9 Å². The lowest BCUT2D eigenvalue weighted by Gasteiger charge is -2.43. The molecule has 0 saturated heterocycles. The molecule has 4 nitrogen and oxygen atoms in total. The molecule has 0 fully saturated rings. The fourth-order valence-electron chi connectivity index (χ4n) is 3.51. The van der Waals surface area contributed by atoms with Crippen LogP contribution in [0.3, 0.4) is 0 Å². The van der Waals surface area contributed by atoms with Gasteiger partial charge in [0.15, 0.2) is 0 Å². The molecule has 0 aromatic rings. The van der Waals surface area contributed by atoms with Gasteiger partial charge in [0.2, 0.25) is 8.32 Å². The van der Waals surface area contributed by atoms with E-state index < -0.39 is 26.6 Å². The van der Waals surface area contributed by atoms with E-state index in [-0.39, 0.29) is 0 Å². The summed E-state index contributed by atoms with van der Waals surface area (Å²) in [5.74, 6) is 0. The van der Waals surface area contributed by atoms with Crippen molar-refractivity contribution >= 4 is 8.32 Å². The molecule has 1 rings (SSSR count). The third kappa shape index (κ3) is 3.45. The zero-order valence-corrected chi connectivity index (χ0v) is 14.5. The number of rotatable bonds is 6. The van der Waals surface area contributed by atoms with Gasteiger partial charge < -0.3 is 19.4 Å². The Hall–Kier alpha value is -0.363. The molecule has 1 aliphatic rings. The molecule has 20 heavy (non-hydrogen) atoms. The van der Waals surface area contributed by atoms with E-state index in [1.54, 1.807) is 0 Å². The van der Waals surface area contributed by atoms with Gasteiger partial charge in [0, 0.05) is 0 Å². The van der Waals surface area contributed by atoms with Crippen LogP contribution in [0.2, 0.25) is 16.6 Å². The van der Waals surface area contributed by atoms with Crippen molar-refractivity contribution in [3.05, 3.63) is 12.3 Å². The molecule has 1 heterocycles. The van der Waals surface area contributed by atoms with E-state index in [0.29, 0.717) is 23.2 Å². The Morgan fingerprint density at radius 2 is 1.55 bits per heavy atom. The first-order chi connectivity index (χ1) is 9.23. The average Bonchev–Trinajstić information content (AvgIpc) is 2.33. The standard InChI is InChI=1S/C15H30O4Si/c1-10(2)20(11(3)4,12(5)6)19-9-14-15(17)13(16)7-8-18-14/h7-8,10-17H,9H2,1-6H3/t13-,14+,15-/m0/s1. The molecule has 3 atom stereocenters. The van der Waals surface area contributed by atoms with Crippen LogP contribution in [0.4, 0.5) is 0 Å². The Morgan fingerprint density at radius 1 is 1.05 bits per heavy atom. The van der Waals surface area contributed by atoms with E-state index in [9.17, 15) is 10.2 Å². The van der Waals surface area contributed by atoms with E-state index in [2.05, 4.69) is 41.5 Å². The summed E-state index contributed by atoms with van der Waals surface area (Å²) in [5.41, 5.74) is 1.47. The molecule has 0 unspecified atom stereocenters. The van der Waals surface area contributed by atoms with Gasteiger partial charge in [0.25, 0.3) is 0 Å². The molecule has 0 aliphatic carbocycles. The molecular formula is C15H30O4Si. The molecule has 0 saturated carbocycles. The van der Waals surface area contributed by atoms with Crippen LogP contribution in [0.15, 0.2) is 12.3 Å². The number of ether oxygens (including phenoxy) is 1. The van der Waals surface area contributed by atoms with Crippen LogP contribution in [0.5, 0.6) is 0 Å². The van der Waals surface area contributed by atoms with E-state index in [1.807, 2.05) is 0 Å². The Bertz CT molecular complexity index is 306. The normalized spacial score (nSPS) is 27.4. The Kier molecular flexibility index (Phi) is 6.25. The number of hydrogen-bond acceptors (Lipinski definition) is 4. The van der Waals surface area contributed by atoms with Crippen LogP contribution in [0.25, 0.3) is 0 Å². The summed E-state index contributed by atoms with van der Waals surface area (Å²) in [7, 11) is -1.96. The minimum absolute atomic E-state index is 0.337. The van der Waals surface area contributed by atoms with Crippen LogP contribution >= 0.6 is 0 Å². The second-order valence-electron chi connectivity index (χ2n) is 6.61. The van der Waals surface area contributed by atoms with Gasteiger partial charge in [-0.2, -0.15) is 0 Å². The van der Waals surface area contributed by atoms with Crippen molar-refractivity contribution in [2.45, 2.75) is 76.5 Å². The third-order valence-corrected chi connectivity index (χ3v) is 10.5. The van der Waals surface area contributed by atoms with Gasteiger partial charge in [-0.3, -0.25) is 0 Å². The largest absolute Gasteiger partial charge is 0.493 e. The Morgan fingerprint density at radius 3 is 2.00 bits per heavy atom. The van der Waals surface area contributed by atoms with Crippen LogP contribution in [0, 0.1) is 0 Å². The fourth-order valence-corrected chi connectivity index (χ4v) is 8.96. The van der Waals surface area contributed by atoms with Gasteiger partial charge in [-0.1, -0.05) is 41.5 Å². The van der Waals surface area contributed by atoms with Crippen molar-refractivity contribution in [3.8, 4) is 0 Å². The molecule has 1 aliphatic heterocycles. The first kappa shape index (κ1) is 17.7. The minimum Gasteiger partial charge on any atom is -0.493 e. The molecule has 5 heteroatoms. The molecule has 0 aromatic carbocycles. The molecule has 0 aromatic heterocycles. The highest BCUT2D eigenvalue weighted by Crippen LogP contribution is 2.42. The summed E-state index contributed by atoms with van der Waals surface area (Å²) in [6.45, 7) is 13.7. The van der Waals surface area contributed by atoms with E-state index >= 15 is 0 Å². The first-order valence-electron chi connectivity index (χ1n) is 7.55. The van der Waals surface area contributed by atoms with Crippen molar-refractivity contribution in [3.63, 3.8) is 0 Å². The monoisotopic (exact) mass is 302 g/mol.